The third-order valence-corrected chi connectivity index (χ3v) is 2.20. The molecule has 1 atom stereocenters. The van der Waals surface area contributed by atoms with Crippen LogP contribution in [0, 0.1) is 5.92 Å². The fourth-order valence-electron chi connectivity index (χ4n) is 1.20. The Balaban J connectivity index is 3.58. The molecule has 12 heavy (non-hydrogen) atoms. The zero-order chi connectivity index (χ0) is 9.40. The van der Waals surface area contributed by atoms with Gasteiger partial charge in [-0.25, -0.2) is 0 Å². The second-order valence-electron chi connectivity index (χ2n) is 3.32. The van der Waals surface area contributed by atoms with Crippen LogP contribution < -0.4 is 5.73 Å². The number of hydrogen-bond donors (Lipinski definition) is 1. The lowest BCUT2D eigenvalue weighted by Gasteiger charge is -2.09. The van der Waals surface area contributed by atoms with Gasteiger partial charge < -0.3 is 5.73 Å². The van der Waals surface area contributed by atoms with Gasteiger partial charge in [0, 0.05) is 6.54 Å². The van der Waals surface area contributed by atoms with Crippen molar-refractivity contribution in [2.24, 2.45) is 11.7 Å². The average Bonchev–Trinajstić information content (AvgIpc) is 2.07. The molecule has 2 N–H and O–H groups in total. The van der Waals surface area contributed by atoms with Crippen molar-refractivity contribution in [1.82, 2.24) is 0 Å². The van der Waals surface area contributed by atoms with Gasteiger partial charge in [0.15, 0.2) is 0 Å². The van der Waals surface area contributed by atoms with Crippen molar-refractivity contribution >= 4 is 0 Å². The molecule has 0 radical (unpaired) electrons. The molecule has 0 aliphatic rings. The smallest absolute Gasteiger partial charge is 0.0136 e. The minimum atomic E-state index is 0.706. The number of rotatable bonds is 6. The van der Waals surface area contributed by atoms with Crippen LogP contribution >= 0.6 is 0 Å². The van der Waals surface area contributed by atoms with Crippen LogP contribution in [0.5, 0.6) is 0 Å². The Morgan fingerprint density at radius 1 is 1.58 bits per heavy atom. The van der Waals surface area contributed by atoms with Crippen LogP contribution in [0.25, 0.3) is 0 Å². The molecule has 0 rings (SSSR count). The molecule has 0 bridgehead atoms. The van der Waals surface area contributed by atoms with E-state index in [0.717, 1.165) is 18.8 Å². The Labute approximate surface area is 76.3 Å². The molecule has 0 aliphatic heterocycles. The lowest BCUT2D eigenvalue weighted by Crippen LogP contribution is -2.04. The molecule has 0 saturated carbocycles. The molecule has 0 aromatic heterocycles. The van der Waals surface area contributed by atoms with Crippen molar-refractivity contribution in [3.63, 3.8) is 0 Å². The molecule has 70 valence electrons. The SMILES string of the molecule is C=CCC(C)CC/C(=C\C)CN. The van der Waals surface area contributed by atoms with Gasteiger partial charge in [-0.3, -0.25) is 0 Å². The van der Waals surface area contributed by atoms with E-state index < -0.39 is 0 Å². The predicted octanol–water partition coefficient (Wildman–Crippen LogP) is 2.88. The van der Waals surface area contributed by atoms with Gasteiger partial charge in [-0.2, -0.15) is 0 Å². The van der Waals surface area contributed by atoms with Gasteiger partial charge in [0.2, 0.25) is 0 Å². The number of nitrogens with two attached hydrogens (primary N) is 1. The number of hydrogen-bond acceptors (Lipinski definition) is 1. The largest absolute Gasteiger partial charge is 0.327 e. The first-order valence-electron chi connectivity index (χ1n) is 4.69. The summed E-state index contributed by atoms with van der Waals surface area (Å²) in [7, 11) is 0. The van der Waals surface area contributed by atoms with E-state index >= 15 is 0 Å². The molecule has 0 saturated heterocycles. The van der Waals surface area contributed by atoms with Gasteiger partial charge in [0.05, 0.1) is 0 Å². The summed E-state index contributed by atoms with van der Waals surface area (Å²) in [6, 6.07) is 0. The normalized spacial score (nSPS) is 14.4. The molecule has 1 heteroatoms. The maximum atomic E-state index is 5.56. The van der Waals surface area contributed by atoms with Crippen LogP contribution in [0.4, 0.5) is 0 Å². The highest BCUT2D eigenvalue weighted by Crippen LogP contribution is 2.14. The summed E-state index contributed by atoms with van der Waals surface area (Å²) >= 11 is 0. The van der Waals surface area contributed by atoms with Gasteiger partial charge >= 0.3 is 0 Å². The van der Waals surface area contributed by atoms with Crippen LogP contribution in [0.15, 0.2) is 24.3 Å². The highest BCUT2D eigenvalue weighted by molar-refractivity contribution is 5.01. The molecule has 1 nitrogen and oxygen atoms in total. The van der Waals surface area contributed by atoms with E-state index in [0.29, 0.717) is 6.54 Å². The minimum absolute atomic E-state index is 0.706. The van der Waals surface area contributed by atoms with Crippen molar-refractivity contribution in [2.45, 2.75) is 33.1 Å². The third kappa shape index (κ3) is 5.14. The summed E-state index contributed by atoms with van der Waals surface area (Å²) < 4.78 is 0. The summed E-state index contributed by atoms with van der Waals surface area (Å²) in [5, 5.41) is 0. The van der Waals surface area contributed by atoms with E-state index in [1.807, 2.05) is 6.08 Å². The van der Waals surface area contributed by atoms with Gasteiger partial charge in [0.25, 0.3) is 0 Å². The minimum Gasteiger partial charge on any atom is -0.327 e. The van der Waals surface area contributed by atoms with Crippen molar-refractivity contribution in [2.75, 3.05) is 6.54 Å². The molecule has 1 unspecified atom stereocenters. The maximum Gasteiger partial charge on any atom is 0.0136 e. The van der Waals surface area contributed by atoms with Crippen molar-refractivity contribution < 1.29 is 0 Å². The van der Waals surface area contributed by atoms with Crippen LogP contribution in [-0.4, -0.2) is 6.54 Å². The monoisotopic (exact) mass is 167 g/mol. The average molecular weight is 167 g/mol. The van der Waals surface area contributed by atoms with Crippen LogP contribution in [0.3, 0.4) is 0 Å². The van der Waals surface area contributed by atoms with E-state index in [4.69, 9.17) is 5.73 Å². The van der Waals surface area contributed by atoms with Gasteiger partial charge in [-0.15, -0.1) is 6.58 Å². The Kier molecular flexibility index (Phi) is 6.78. The van der Waals surface area contributed by atoms with Crippen LogP contribution in [-0.2, 0) is 0 Å². The molecule has 0 aromatic carbocycles. The lowest BCUT2D eigenvalue weighted by atomic mass is 9.98. The zero-order valence-electron chi connectivity index (χ0n) is 8.34. The summed E-state index contributed by atoms with van der Waals surface area (Å²) in [6.45, 7) is 8.75. The molecular formula is C11H21N. The van der Waals surface area contributed by atoms with Crippen molar-refractivity contribution in [3.05, 3.63) is 24.3 Å². The maximum absolute atomic E-state index is 5.56. The van der Waals surface area contributed by atoms with Gasteiger partial charge in [-0.1, -0.05) is 24.6 Å². The summed E-state index contributed by atoms with van der Waals surface area (Å²) in [5.74, 6) is 0.740. The standard InChI is InChI=1S/C11H21N/c1-4-6-10(3)7-8-11(5-2)9-12/h4-5,10H,1,6-9,12H2,2-3H3/b11-5+. The van der Waals surface area contributed by atoms with Crippen molar-refractivity contribution in [3.8, 4) is 0 Å². The first-order valence-corrected chi connectivity index (χ1v) is 4.69. The molecular weight excluding hydrogens is 146 g/mol. The Hall–Kier alpha value is -0.560. The van der Waals surface area contributed by atoms with E-state index in [2.05, 4.69) is 26.5 Å². The highest BCUT2D eigenvalue weighted by atomic mass is 14.5. The van der Waals surface area contributed by atoms with Crippen LogP contribution in [0.2, 0.25) is 0 Å². The summed E-state index contributed by atoms with van der Waals surface area (Å²) in [5.41, 5.74) is 6.92. The van der Waals surface area contributed by atoms with Crippen LogP contribution in [0.1, 0.15) is 33.1 Å². The first kappa shape index (κ1) is 11.4. The molecule has 0 aromatic rings. The summed E-state index contributed by atoms with van der Waals surface area (Å²) in [6.07, 6.45) is 7.59. The quantitative estimate of drug-likeness (QED) is 0.605. The van der Waals surface area contributed by atoms with E-state index in [9.17, 15) is 0 Å². The first-order chi connectivity index (χ1) is 5.74. The topological polar surface area (TPSA) is 26.0 Å². The predicted molar refractivity (Wildman–Crippen MR) is 56.0 cm³/mol. The highest BCUT2D eigenvalue weighted by Gasteiger charge is 2.00. The fraction of sp³-hybridized carbons (Fsp3) is 0.636. The molecule has 0 fully saturated rings. The Morgan fingerprint density at radius 3 is 2.67 bits per heavy atom. The molecule has 0 heterocycles. The third-order valence-electron chi connectivity index (χ3n) is 2.20. The molecule has 0 aliphatic carbocycles. The Morgan fingerprint density at radius 2 is 2.25 bits per heavy atom. The lowest BCUT2D eigenvalue weighted by molar-refractivity contribution is 0.537. The van der Waals surface area contributed by atoms with Gasteiger partial charge in [-0.05, 0) is 32.1 Å². The van der Waals surface area contributed by atoms with Crippen molar-refractivity contribution in [1.29, 1.82) is 0 Å². The van der Waals surface area contributed by atoms with E-state index in [-0.39, 0.29) is 0 Å². The fourth-order valence-corrected chi connectivity index (χ4v) is 1.20. The second-order valence-corrected chi connectivity index (χ2v) is 3.32. The number of allylic oxidation sites excluding steroid dienone is 2. The van der Waals surface area contributed by atoms with Gasteiger partial charge in [0.1, 0.15) is 0 Å². The van der Waals surface area contributed by atoms with E-state index in [1.54, 1.807) is 0 Å². The summed E-state index contributed by atoms with van der Waals surface area (Å²) in [4.78, 5) is 0. The zero-order valence-corrected chi connectivity index (χ0v) is 8.34. The molecule has 0 amide bonds. The molecule has 0 spiro atoms. The Bertz CT molecular complexity index is 147. The second kappa shape index (κ2) is 7.11. The van der Waals surface area contributed by atoms with E-state index in [1.165, 1.54) is 12.0 Å².